The number of rotatable bonds is 7. The van der Waals surface area contributed by atoms with E-state index in [0.717, 1.165) is 22.3 Å². The van der Waals surface area contributed by atoms with Crippen LogP contribution in [0.15, 0.2) is 48.5 Å². The molecule has 0 saturated carbocycles. The summed E-state index contributed by atoms with van der Waals surface area (Å²) in [6, 6.07) is 14.9. The lowest BCUT2D eigenvalue weighted by Gasteiger charge is -2.17. The minimum atomic E-state index is -1.15. The topological polar surface area (TPSA) is 108 Å². The fraction of sp³-hybridized carbons (Fsp3) is 0.333. The third-order valence-electron chi connectivity index (χ3n) is 5.23. The second kappa shape index (κ2) is 7.61. The summed E-state index contributed by atoms with van der Waals surface area (Å²) in [5, 5.41) is 20.8. The lowest BCUT2D eigenvalue weighted by molar-refractivity contribution is -0.139. The predicted molar refractivity (Wildman–Crippen MR) is 99.7 cm³/mol. The van der Waals surface area contributed by atoms with Crippen LogP contribution in [0.2, 0.25) is 0 Å². The average Bonchev–Trinajstić information content (AvgIpc) is 3.31. The number of amides is 1. The van der Waals surface area contributed by atoms with Crippen LogP contribution in [0.4, 0.5) is 4.79 Å². The van der Waals surface area contributed by atoms with E-state index in [-0.39, 0.29) is 25.0 Å². The van der Waals surface area contributed by atoms with Gasteiger partial charge < -0.3 is 25.0 Å². The molecule has 1 amide bonds. The van der Waals surface area contributed by atoms with Gasteiger partial charge in [0.15, 0.2) is 6.29 Å². The highest BCUT2D eigenvalue weighted by molar-refractivity contribution is 5.81. The largest absolute Gasteiger partial charge is 0.480 e. The van der Waals surface area contributed by atoms with Crippen LogP contribution in [0.5, 0.6) is 0 Å². The molecular formula is C21H21NO6. The van der Waals surface area contributed by atoms with Crippen LogP contribution >= 0.6 is 0 Å². The van der Waals surface area contributed by atoms with Gasteiger partial charge in [-0.25, -0.2) is 9.59 Å². The fourth-order valence-electron chi connectivity index (χ4n) is 3.71. The molecule has 1 fully saturated rings. The van der Waals surface area contributed by atoms with E-state index in [9.17, 15) is 14.7 Å². The Morgan fingerprint density at radius 1 is 1.07 bits per heavy atom. The zero-order valence-corrected chi connectivity index (χ0v) is 15.1. The monoisotopic (exact) mass is 383 g/mol. The van der Waals surface area contributed by atoms with Crippen LogP contribution in [0.3, 0.4) is 0 Å². The molecular weight excluding hydrogens is 362 g/mol. The minimum absolute atomic E-state index is 0.0866. The van der Waals surface area contributed by atoms with Gasteiger partial charge in [0.25, 0.3) is 0 Å². The zero-order valence-electron chi connectivity index (χ0n) is 15.1. The van der Waals surface area contributed by atoms with Gasteiger partial charge in [-0.05, 0) is 35.1 Å². The fourth-order valence-corrected chi connectivity index (χ4v) is 3.71. The molecule has 2 aromatic rings. The van der Waals surface area contributed by atoms with E-state index in [1.54, 1.807) is 0 Å². The first kappa shape index (κ1) is 18.5. The molecule has 146 valence electrons. The van der Waals surface area contributed by atoms with Gasteiger partial charge in [-0.2, -0.15) is 0 Å². The molecule has 2 unspecified atom stereocenters. The van der Waals surface area contributed by atoms with Crippen LogP contribution in [-0.4, -0.2) is 47.3 Å². The van der Waals surface area contributed by atoms with Crippen molar-refractivity contribution in [1.29, 1.82) is 0 Å². The molecule has 1 saturated heterocycles. The number of carbonyl (C=O) groups excluding carboxylic acids is 1. The predicted octanol–water partition coefficient (Wildman–Crippen LogP) is 2.48. The first-order valence-corrected chi connectivity index (χ1v) is 9.22. The van der Waals surface area contributed by atoms with Crippen molar-refractivity contribution in [2.24, 2.45) is 0 Å². The number of aliphatic carboxylic acids is 1. The SMILES string of the molecule is O=C(N[C@@H](CCC1OC1O)C(=O)O)OCC1c2ccccc2-c2ccccc21. The zero-order chi connectivity index (χ0) is 19.7. The van der Waals surface area contributed by atoms with E-state index < -0.39 is 24.4 Å². The Kier molecular flexibility index (Phi) is 5.02. The Balaban J connectivity index is 1.38. The molecule has 0 aromatic heterocycles. The lowest BCUT2D eigenvalue weighted by Crippen LogP contribution is -2.41. The van der Waals surface area contributed by atoms with Crippen molar-refractivity contribution in [1.82, 2.24) is 5.32 Å². The summed E-state index contributed by atoms with van der Waals surface area (Å²) in [6.45, 7) is 0.122. The summed E-state index contributed by atoms with van der Waals surface area (Å²) >= 11 is 0. The van der Waals surface area contributed by atoms with Crippen LogP contribution in [0, 0.1) is 0 Å². The average molecular weight is 383 g/mol. The summed E-state index contributed by atoms with van der Waals surface area (Å²) in [5.74, 6) is -1.24. The van der Waals surface area contributed by atoms with Crippen molar-refractivity contribution in [2.75, 3.05) is 6.61 Å². The second-order valence-electron chi connectivity index (χ2n) is 7.00. The first-order chi connectivity index (χ1) is 13.5. The van der Waals surface area contributed by atoms with E-state index in [1.807, 2.05) is 48.5 Å². The number of carboxylic acids is 1. The summed E-state index contributed by atoms with van der Waals surface area (Å²) in [5.41, 5.74) is 4.43. The third kappa shape index (κ3) is 3.72. The first-order valence-electron chi connectivity index (χ1n) is 9.22. The van der Waals surface area contributed by atoms with E-state index in [4.69, 9.17) is 14.6 Å². The number of carboxylic acid groups (broad SMARTS) is 1. The summed E-state index contributed by atoms with van der Waals surface area (Å²) in [4.78, 5) is 23.5. The number of carbonyl (C=O) groups is 2. The highest BCUT2D eigenvalue weighted by Gasteiger charge is 2.38. The molecule has 28 heavy (non-hydrogen) atoms. The van der Waals surface area contributed by atoms with Gasteiger partial charge >= 0.3 is 12.1 Å². The van der Waals surface area contributed by atoms with Gasteiger partial charge in [0.1, 0.15) is 18.8 Å². The van der Waals surface area contributed by atoms with E-state index in [1.165, 1.54) is 0 Å². The number of hydrogen-bond donors (Lipinski definition) is 3. The Bertz CT molecular complexity index is 852. The molecule has 0 bridgehead atoms. The van der Waals surface area contributed by atoms with Crippen molar-refractivity contribution < 1.29 is 29.3 Å². The van der Waals surface area contributed by atoms with Crippen LogP contribution in [0.1, 0.15) is 29.9 Å². The van der Waals surface area contributed by atoms with Gasteiger partial charge in [0, 0.05) is 5.92 Å². The van der Waals surface area contributed by atoms with E-state index in [2.05, 4.69) is 5.32 Å². The molecule has 1 aliphatic carbocycles. The number of nitrogens with one attached hydrogen (secondary N) is 1. The smallest absolute Gasteiger partial charge is 0.407 e. The molecule has 1 aliphatic heterocycles. The highest BCUT2D eigenvalue weighted by Crippen LogP contribution is 2.44. The van der Waals surface area contributed by atoms with Gasteiger partial charge in [0.05, 0.1) is 0 Å². The van der Waals surface area contributed by atoms with Gasteiger partial charge in [-0.3, -0.25) is 0 Å². The molecule has 7 heteroatoms. The summed E-state index contributed by atoms with van der Waals surface area (Å²) in [7, 11) is 0. The van der Waals surface area contributed by atoms with Crippen molar-refractivity contribution in [2.45, 2.75) is 37.2 Å². The summed E-state index contributed by atoms with van der Waals surface area (Å²) < 4.78 is 10.2. The number of benzene rings is 2. The van der Waals surface area contributed by atoms with Crippen LogP contribution in [-0.2, 0) is 14.3 Å². The maximum absolute atomic E-state index is 12.2. The summed E-state index contributed by atoms with van der Waals surface area (Å²) in [6.07, 6.45) is -1.45. The molecule has 0 spiro atoms. The Hall–Kier alpha value is -2.90. The number of aliphatic hydroxyl groups is 1. The van der Waals surface area contributed by atoms with Crippen molar-refractivity contribution in [3.63, 3.8) is 0 Å². The van der Waals surface area contributed by atoms with Crippen molar-refractivity contribution in [3.8, 4) is 11.1 Å². The van der Waals surface area contributed by atoms with E-state index >= 15 is 0 Å². The molecule has 2 aliphatic rings. The Labute approximate surface area is 161 Å². The van der Waals surface area contributed by atoms with Crippen molar-refractivity contribution >= 4 is 12.1 Å². The second-order valence-corrected chi connectivity index (χ2v) is 7.00. The molecule has 0 radical (unpaired) electrons. The maximum Gasteiger partial charge on any atom is 0.407 e. The molecule has 2 aromatic carbocycles. The molecule has 4 rings (SSSR count). The standard InChI is InChI=1S/C21H21NO6/c23-19(24)17(9-10-18-20(25)28-18)22-21(26)27-11-16-14-7-3-1-5-12(14)13-6-2-4-8-15(13)16/h1-8,16-18,20,25H,9-11H2,(H,22,26)(H,23,24)/t17-,18?,20?/m0/s1. The highest BCUT2D eigenvalue weighted by atomic mass is 16.7. The quantitative estimate of drug-likeness (QED) is 0.634. The number of fused-ring (bicyclic) bond motifs is 3. The Morgan fingerprint density at radius 3 is 2.18 bits per heavy atom. The van der Waals surface area contributed by atoms with Gasteiger partial charge in [-0.1, -0.05) is 48.5 Å². The number of aliphatic hydroxyl groups excluding tert-OH is 1. The number of hydrogen-bond acceptors (Lipinski definition) is 5. The number of epoxide rings is 1. The minimum Gasteiger partial charge on any atom is -0.480 e. The van der Waals surface area contributed by atoms with E-state index in [0.29, 0.717) is 6.42 Å². The van der Waals surface area contributed by atoms with Crippen LogP contribution < -0.4 is 5.32 Å². The molecule has 1 heterocycles. The van der Waals surface area contributed by atoms with Gasteiger partial charge in [0.2, 0.25) is 0 Å². The third-order valence-corrected chi connectivity index (χ3v) is 5.23. The number of alkyl carbamates (subject to hydrolysis) is 1. The lowest BCUT2D eigenvalue weighted by atomic mass is 9.98. The Morgan fingerprint density at radius 2 is 1.64 bits per heavy atom. The van der Waals surface area contributed by atoms with Gasteiger partial charge in [-0.15, -0.1) is 0 Å². The van der Waals surface area contributed by atoms with Crippen molar-refractivity contribution in [3.05, 3.63) is 59.7 Å². The molecule has 7 nitrogen and oxygen atoms in total. The number of ether oxygens (including phenoxy) is 2. The maximum atomic E-state index is 12.2. The molecule has 3 atom stereocenters. The van der Waals surface area contributed by atoms with Crippen LogP contribution in [0.25, 0.3) is 11.1 Å². The normalized spacial score (nSPS) is 20.8. The molecule has 3 N–H and O–H groups in total.